The van der Waals surface area contributed by atoms with Gasteiger partial charge >= 0.3 is 6.61 Å². The van der Waals surface area contributed by atoms with Gasteiger partial charge in [-0.05, 0) is 24.3 Å². The number of nitrogens with one attached hydrogen (secondary N) is 1. The molecule has 0 aliphatic carbocycles. The summed E-state index contributed by atoms with van der Waals surface area (Å²) in [5.41, 5.74) is 0.169. The van der Waals surface area contributed by atoms with Crippen molar-refractivity contribution in [1.29, 1.82) is 0 Å². The lowest BCUT2D eigenvalue weighted by Crippen LogP contribution is -2.24. The van der Waals surface area contributed by atoms with Gasteiger partial charge in [-0.25, -0.2) is 4.39 Å². The highest BCUT2D eigenvalue weighted by molar-refractivity contribution is 6.30. The Balaban J connectivity index is 2.09. The van der Waals surface area contributed by atoms with Crippen molar-refractivity contribution < 1.29 is 22.7 Å². The van der Waals surface area contributed by atoms with E-state index in [1.165, 1.54) is 36.4 Å². The maximum Gasteiger partial charge on any atom is 0.387 e. The number of alkyl halides is 2. The lowest BCUT2D eigenvalue weighted by atomic mass is 10.1. The minimum Gasteiger partial charge on any atom is -0.434 e. The molecular formula is C15H11ClF3NO2. The van der Waals surface area contributed by atoms with Crippen LogP contribution in [0.4, 0.5) is 13.2 Å². The van der Waals surface area contributed by atoms with E-state index in [0.717, 1.165) is 6.07 Å². The van der Waals surface area contributed by atoms with Gasteiger partial charge in [-0.15, -0.1) is 0 Å². The molecule has 0 bridgehead atoms. The average molecular weight is 330 g/mol. The van der Waals surface area contributed by atoms with Gasteiger partial charge in [0.1, 0.15) is 11.6 Å². The van der Waals surface area contributed by atoms with Crippen molar-refractivity contribution in [1.82, 2.24) is 5.32 Å². The summed E-state index contributed by atoms with van der Waals surface area (Å²) in [6.07, 6.45) is 0. The zero-order valence-electron chi connectivity index (χ0n) is 11.2. The van der Waals surface area contributed by atoms with E-state index in [4.69, 9.17) is 11.6 Å². The van der Waals surface area contributed by atoms with Gasteiger partial charge in [0, 0.05) is 17.1 Å². The summed E-state index contributed by atoms with van der Waals surface area (Å²) in [4.78, 5) is 12.0. The summed E-state index contributed by atoms with van der Waals surface area (Å²) < 4.78 is 42.4. The normalized spacial score (nSPS) is 10.6. The molecule has 2 aromatic rings. The molecule has 0 saturated carbocycles. The predicted octanol–water partition coefficient (Wildman–Crippen LogP) is 4.01. The van der Waals surface area contributed by atoms with Gasteiger partial charge in [-0.3, -0.25) is 4.79 Å². The molecule has 0 saturated heterocycles. The Kier molecular flexibility index (Phi) is 5.27. The number of ether oxygens (including phenoxy) is 1. The molecule has 3 nitrogen and oxygen atoms in total. The molecule has 0 atom stereocenters. The molecular weight excluding hydrogens is 319 g/mol. The first-order valence-electron chi connectivity index (χ1n) is 6.23. The molecule has 7 heteroatoms. The van der Waals surface area contributed by atoms with Gasteiger partial charge in [-0.1, -0.05) is 29.8 Å². The number of benzene rings is 2. The zero-order valence-corrected chi connectivity index (χ0v) is 11.9. The fourth-order valence-corrected chi connectivity index (χ4v) is 1.95. The molecule has 0 unspecified atom stereocenters. The molecule has 0 fully saturated rings. The van der Waals surface area contributed by atoms with Crippen molar-refractivity contribution in [2.45, 2.75) is 13.2 Å². The topological polar surface area (TPSA) is 38.3 Å². The molecule has 2 rings (SSSR count). The van der Waals surface area contributed by atoms with E-state index in [0.29, 0.717) is 0 Å². The SMILES string of the molecule is O=C(NCc1ccc(Cl)cc1F)c1ccccc1OC(F)F. The van der Waals surface area contributed by atoms with E-state index in [9.17, 15) is 18.0 Å². The van der Waals surface area contributed by atoms with Gasteiger partial charge < -0.3 is 10.1 Å². The summed E-state index contributed by atoms with van der Waals surface area (Å²) in [5, 5.41) is 2.68. The van der Waals surface area contributed by atoms with E-state index in [1.54, 1.807) is 0 Å². The predicted molar refractivity (Wildman–Crippen MR) is 75.7 cm³/mol. The summed E-state index contributed by atoms with van der Waals surface area (Å²) in [7, 11) is 0. The zero-order chi connectivity index (χ0) is 16.1. The molecule has 22 heavy (non-hydrogen) atoms. The lowest BCUT2D eigenvalue weighted by molar-refractivity contribution is -0.0501. The second-order valence-corrected chi connectivity index (χ2v) is 4.73. The van der Waals surface area contributed by atoms with Crippen molar-refractivity contribution in [3.8, 4) is 5.75 Å². The first kappa shape index (κ1) is 16.2. The second kappa shape index (κ2) is 7.17. The number of carbonyl (C=O) groups excluding carboxylic acids is 1. The minimum atomic E-state index is -3.04. The van der Waals surface area contributed by atoms with Crippen molar-refractivity contribution in [3.05, 3.63) is 64.4 Å². The van der Waals surface area contributed by atoms with Crippen LogP contribution in [0.15, 0.2) is 42.5 Å². The Labute approximate surface area is 129 Å². The number of hydrogen-bond donors (Lipinski definition) is 1. The largest absolute Gasteiger partial charge is 0.434 e. The van der Waals surface area contributed by atoms with Gasteiger partial charge in [0.25, 0.3) is 5.91 Å². The molecule has 0 radical (unpaired) electrons. The Morgan fingerprint density at radius 3 is 2.64 bits per heavy atom. The van der Waals surface area contributed by atoms with Crippen LogP contribution < -0.4 is 10.1 Å². The van der Waals surface area contributed by atoms with E-state index in [2.05, 4.69) is 10.1 Å². The molecule has 0 aliphatic heterocycles. The van der Waals surface area contributed by atoms with Crippen molar-refractivity contribution in [2.24, 2.45) is 0 Å². The van der Waals surface area contributed by atoms with Crippen LogP contribution in [0.2, 0.25) is 5.02 Å². The number of halogens is 4. The number of carbonyl (C=O) groups is 1. The average Bonchev–Trinajstić information content (AvgIpc) is 2.46. The lowest BCUT2D eigenvalue weighted by Gasteiger charge is -2.11. The fourth-order valence-electron chi connectivity index (χ4n) is 1.79. The first-order chi connectivity index (χ1) is 10.5. The van der Waals surface area contributed by atoms with Crippen molar-refractivity contribution >= 4 is 17.5 Å². The molecule has 0 heterocycles. The highest BCUT2D eigenvalue weighted by Gasteiger charge is 2.15. The van der Waals surface area contributed by atoms with Crippen LogP contribution in [0, 0.1) is 5.82 Å². The van der Waals surface area contributed by atoms with E-state index in [-0.39, 0.29) is 28.4 Å². The number of para-hydroxylation sites is 1. The molecule has 2 aromatic carbocycles. The molecule has 0 spiro atoms. The highest BCUT2D eigenvalue weighted by atomic mass is 35.5. The van der Waals surface area contributed by atoms with Gasteiger partial charge in [0.05, 0.1) is 5.56 Å². The van der Waals surface area contributed by atoms with Crippen LogP contribution in [0.5, 0.6) is 5.75 Å². The smallest absolute Gasteiger partial charge is 0.387 e. The maximum absolute atomic E-state index is 13.6. The highest BCUT2D eigenvalue weighted by Crippen LogP contribution is 2.20. The van der Waals surface area contributed by atoms with E-state index >= 15 is 0 Å². The standard InChI is InChI=1S/C15H11ClF3NO2/c16-10-6-5-9(12(17)7-10)8-20-14(21)11-3-1-2-4-13(11)22-15(18)19/h1-7,15H,8H2,(H,20,21). The van der Waals surface area contributed by atoms with Crippen molar-refractivity contribution in [3.63, 3.8) is 0 Å². The number of hydrogen-bond acceptors (Lipinski definition) is 2. The van der Waals surface area contributed by atoms with Crippen LogP contribution in [-0.2, 0) is 6.54 Å². The molecule has 0 aliphatic rings. The molecule has 1 amide bonds. The van der Waals surface area contributed by atoms with Crippen LogP contribution in [0.25, 0.3) is 0 Å². The molecule has 0 aromatic heterocycles. The monoisotopic (exact) mass is 329 g/mol. The van der Waals surface area contributed by atoms with E-state index < -0.39 is 18.3 Å². The Hall–Kier alpha value is -2.21. The Bertz CT molecular complexity index is 680. The van der Waals surface area contributed by atoms with Crippen LogP contribution in [0.1, 0.15) is 15.9 Å². The number of rotatable bonds is 5. The summed E-state index contributed by atoms with van der Waals surface area (Å²) >= 11 is 5.63. The Morgan fingerprint density at radius 2 is 1.95 bits per heavy atom. The first-order valence-corrected chi connectivity index (χ1v) is 6.61. The van der Waals surface area contributed by atoms with Crippen molar-refractivity contribution in [2.75, 3.05) is 0 Å². The quantitative estimate of drug-likeness (QED) is 0.900. The molecule has 1 N–H and O–H groups in total. The fraction of sp³-hybridized carbons (Fsp3) is 0.133. The van der Waals surface area contributed by atoms with Crippen LogP contribution in [-0.4, -0.2) is 12.5 Å². The molecule has 116 valence electrons. The summed E-state index contributed by atoms with van der Waals surface area (Å²) in [5.74, 6) is -1.46. The third-order valence-electron chi connectivity index (χ3n) is 2.80. The maximum atomic E-state index is 13.6. The van der Waals surface area contributed by atoms with Gasteiger partial charge in [-0.2, -0.15) is 8.78 Å². The van der Waals surface area contributed by atoms with Gasteiger partial charge in [0.2, 0.25) is 0 Å². The minimum absolute atomic E-state index is 0.0582. The van der Waals surface area contributed by atoms with Gasteiger partial charge in [0.15, 0.2) is 0 Å². The summed E-state index contributed by atoms with van der Waals surface area (Å²) in [6, 6.07) is 9.61. The van der Waals surface area contributed by atoms with Crippen LogP contribution in [0.3, 0.4) is 0 Å². The van der Waals surface area contributed by atoms with Crippen LogP contribution >= 0.6 is 11.6 Å². The Morgan fingerprint density at radius 1 is 1.23 bits per heavy atom. The number of amides is 1. The second-order valence-electron chi connectivity index (χ2n) is 4.29. The summed E-state index contributed by atoms with van der Waals surface area (Å²) in [6.45, 7) is -3.15. The third kappa shape index (κ3) is 4.14. The van der Waals surface area contributed by atoms with E-state index in [1.807, 2.05) is 0 Å². The third-order valence-corrected chi connectivity index (χ3v) is 3.04.